The number of hydrogen-bond acceptors (Lipinski definition) is 1. The fourth-order valence-corrected chi connectivity index (χ4v) is 5.67. The minimum absolute atomic E-state index is 0.787. The maximum Gasteiger partial charge on any atom is 0.206 e. The van der Waals surface area contributed by atoms with Crippen LogP contribution in [0.3, 0.4) is 0 Å². The highest BCUT2D eigenvalue weighted by Crippen LogP contribution is 2.29. The zero-order chi connectivity index (χ0) is 16.0. The number of benzene rings is 4. The van der Waals surface area contributed by atoms with Crippen LogP contribution < -0.4 is 5.19 Å². The Morgan fingerprint density at radius 2 is 1.39 bits per heavy atom. The lowest BCUT2D eigenvalue weighted by Crippen LogP contribution is -2.44. The van der Waals surface area contributed by atoms with E-state index in [1.54, 1.807) is 0 Å². The van der Waals surface area contributed by atoms with Gasteiger partial charge in [-0.05, 0) is 62.7 Å². The van der Waals surface area contributed by atoms with Crippen LogP contribution in [0.2, 0.25) is 13.1 Å². The minimum Gasteiger partial charge on any atom is -0.460 e. The molecular weight excluding hydrogens is 312 g/mol. The van der Waals surface area contributed by atoms with Crippen molar-refractivity contribution in [2.75, 3.05) is 0 Å². The van der Waals surface area contributed by atoms with E-state index in [-0.39, 0.29) is 0 Å². The molecule has 0 aliphatic rings. The molecule has 0 saturated carbocycles. The first kappa shape index (κ1) is 14.6. The van der Waals surface area contributed by atoms with Crippen molar-refractivity contribution in [3.63, 3.8) is 0 Å². The highest BCUT2D eigenvalue weighted by Gasteiger charge is 2.25. The van der Waals surface area contributed by atoms with Crippen LogP contribution >= 0.6 is 0 Å². The second-order valence-electron chi connectivity index (χ2n) is 6.60. The molecule has 0 aliphatic heterocycles. The van der Waals surface area contributed by atoms with Crippen molar-refractivity contribution in [2.45, 2.75) is 13.1 Å². The van der Waals surface area contributed by atoms with Crippen LogP contribution in [0.1, 0.15) is 0 Å². The monoisotopic (exact) mass is 332 g/mol. The van der Waals surface area contributed by atoms with Gasteiger partial charge in [-0.15, -0.1) is 0 Å². The molecule has 0 heterocycles. The first-order chi connectivity index (χ1) is 11.1. The summed E-state index contributed by atoms with van der Waals surface area (Å²) in [6.45, 7) is 4.60. The summed E-state index contributed by atoms with van der Waals surface area (Å²) >= 11 is 0. The summed E-state index contributed by atoms with van der Waals surface area (Å²) in [5.74, 6) is 0. The fourth-order valence-electron chi connectivity index (χ4n) is 3.41. The van der Waals surface area contributed by atoms with Crippen molar-refractivity contribution in [1.82, 2.24) is 0 Å². The van der Waals surface area contributed by atoms with Crippen LogP contribution in [0, 0.1) is 0 Å². The molecule has 23 heavy (non-hydrogen) atoms. The Labute approximate surface area is 140 Å². The predicted molar refractivity (Wildman–Crippen MR) is 107 cm³/mol. The molecule has 0 atom stereocenters. The Balaban J connectivity index is 2.20. The van der Waals surface area contributed by atoms with Crippen molar-refractivity contribution < 1.29 is 4.12 Å². The zero-order valence-corrected chi connectivity index (χ0v) is 16.8. The lowest BCUT2D eigenvalue weighted by Gasteiger charge is -2.24. The quantitative estimate of drug-likeness (QED) is 0.308. The van der Waals surface area contributed by atoms with Crippen LogP contribution in [0.5, 0.6) is 0 Å². The Hall–Kier alpha value is -1.95. The van der Waals surface area contributed by atoms with Gasteiger partial charge in [0.15, 0.2) is 0 Å². The minimum atomic E-state index is -1.84. The molecule has 0 spiro atoms. The van der Waals surface area contributed by atoms with Gasteiger partial charge in [0.05, 0.1) is 0 Å². The van der Waals surface area contributed by atoms with Crippen LogP contribution in [-0.2, 0) is 4.12 Å². The molecule has 3 heteroatoms. The third kappa shape index (κ3) is 2.32. The van der Waals surface area contributed by atoms with Gasteiger partial charge in [-0.25, -0.2) is 0 Å². The van der Waals surface area contributed by atoms with Crippen molar-refractivity contribution >= 4 is 56.3 Å². The van der Waals surface area contributed by atoms with Gasteiger partial charge in [-0.1, -0.05) is 54.6 Å². The van der Waals surface area contributed by atoms with Gasteiger partial charge >= 0.3 is 0 Å². The summed E-state index contributed by atoms with van der Waals surface area (Å²) < 4.78 is 6.05. The average Bonchev–Trinajstić information content (AvgIpc) is 2.59. The largest absolute Gasteiger partial charge is 0.460 e. The average molecular weight is 333 g/mol. The van der Waals surface area contributed by atoms with Crippen LogP contribution in [0.4, 0.5) is 0 Å². The number of rotatable bonds is 2. The van der Waals surface area contributed by atoms with E-state index in [0.29, 0.717) is 0 Å². The van der Waals surface area contributed by atoms with Gasteiger partial charge < -0.3 is 4.12 Å². The molecule has 114 valence electrons. The molecule has 4 aromatic carbocycles. The summed E-state index contributed by atoms with van der Waals surface area (Å²) in [6, 6.07) is 24.4. The molecule has 0 bridgehead atoms. The maximum atomic E-state index is 6.05. The van der Waals surface area contributed by atoms with E-state index < -0.39 is 8.32 Å². The Morgan fingerprint density at radius 1 is 0.739 bits per heavy atom. The Morgan fingerprint density at radius 3 is 2.13 bits per heavy atom. The standard InChI is InChI=1S/C20H20OSi2/c1-23(2,21-22)19-9-5-8-14-10-11-17-12-15-6-3-4-7-16(15)13-18(17)20(14)19/h3-13H,1-2,22H3. The van der Waals surface area contributed by atoms with Gasteiger partial charge in [0.1, 0.15) is 10.5 Å². The molecule has 0 aromatic heterocycles. The van der Waals surface area contributed by atoms with Crippen molar-refractivity contribution in [1.29, 1.82) is 0 Å². The lowest BCUT2D eigenvalue weighted by atomic mass is 9.98. The highest BCUT2D eigenvalue weighted by molar-refractivity contribution is 6.88. The summed E-state index contributed by atoms with van der Waals surface area (Å²) in [5, 5.41) is 9.35. The van der Waals surface area contributed by atoms with Gasteiger partial charge in [-0.3, -0.25) is 0 Å². The summed E-state index contributed by atoms with van der Waals surface area (Å²) in [6.07, 6.45) is 0. The second kappa shape index (κ2) is 5.30. The molecular formula is C20H20OSi2. The molecule has 0 unspecified atom stereocenters. The highest BCUT2D eigenvalue weighted by atomic mass is 28.4. The van der Waals surface area contributed by atoms with E-state index in [1.807, 2.05) is 0 Å². The van der Waals surface area contributed by atoms with E-state index in [4.69, 9.17) is 4.12 Å². The second-order valence-corrected chi connectivity index (χ2v) is 11.8. The molecule has 1 nitrogen and oxygen atoms in total. The van der Waals surface area contributed by atoms with E-state index in [9.17, 15) is 0 Å². The third-order valence-corrected chi connectivity index (χ3v) is 10.7. The van der Waals surface area contributed by atoms with Crippen LogP contribution in [-0.4, -0.2) is 18.8 Å². The molecule has 4 aromatic rings. The Kier molecular flexibility index (Phi) is 3.37. The number of hydrogen-bond donors (Lipinski definition) is 0. The van der Waals surface area contributed by atoms with Gasteiger partial charge in [0.25, 0.3) is 0 Å². The van der Waals surface area contributed by atoms with Crippen LogP contribution in [0.15, 0.2) is 66.7 Å². The molecule has 0 radical (unpaired) electrons. The molecule has 4 rings (SSSR count). The van der Waals surface area contributed by atoms with E-state index >= 15 is 0 Å². The van der Waals surface area contributed by atoms with E-state index in [2.05, 4.69) is 79.8 Å². The Bertz CT molecular complexity index is 1040. The zero-order valence-electron chi connectivity index (χ0n) is 13.8. The normalized spacial score (nSPS) is 12.4. The number of fused-ring (bicyclic) bond motifs is 4. The van der Waals surface area contributed by atoms with Crippen LogP contribution in [0.25, 0.3) is 32.3 Å². The summed E-state index contributed by atoms with van der Waals surface area (Å²) in [4.78, 5) is 0. The fraction of sp³-hybridized carbons (Fsp3) is 0.100. The molecule has 0 saturated heterocycles. The third-order valence-electron chi connectivity index (χ3n) is 4.89. The smallest absolute Gasteiger partial charge is 0.206 e. The predicted octanol–water partition coefficient (Wildman–Crippen LogP) is 3.86. The molecule has 0 aliphatic carbocycles. The first-order valence-corrected chi connectivity index (χ1v) is 11.7. The first-order valence-electron chi connectivity index (χ1n) is 8.00. The maximum absolute atomic E-state index is 6.05. The van der Waals surface area contributed by atoms with Crippen molar-refractivity contribution in [3.8, 4) is 0 Å². The summed E-state index contributed by atoms with van der Waals surface area (Å²) in [5.41, 5.74) is 0. The summed E-state index contributed by atoms with van der Waals surface area (Å²) in [7, 11) is -1.05. The van der Waals surface area contributed by atoms with Crippen molar-refractivity contribution in [2.24, 2.45) is 0 Å². The van der Waals surface area contributed by atoms with E-state index in [0.717, 1.165) is 10.5 Å². The molecule has 0 amide bonds. The molecule has 0 fully saturated rings. The lowest BCUT2D eigenvalue weighted by molar-refractivity contribution is 0.629. The molecule has 0 N–H and O–H groups in total. The van der Waals surface area contributed by atoms with Gasteiger partial charge in [0.2, 0.25) is 8.32 Å². The van der Waals surface area contributed by atoms with Crippen molar-refractivity contribution in [3.05, 3.63) is 66.7 Å². The van der Waals surface area contributed by atoms with Gasteiger partial charge in [0, 0.05) is 0 Å². The van der Waals surface area contributed by atoms with Gasteiger partial charge in [-0.2, -0.15) is 0 Å². The SMILES string of the molecule is C[Si](C)(O[SiH3])c1cccc2ccc3cc4ccccc4cc3c12. The van der Waals surface area contributed by atoms with E-state index in [1.165, 1.54) is 37.5 Å². The topological polar surface area (TPSA) is 9.23 Å².